The quantitative estimate of drug-likeness (QED) is 0.626. The first-order valence-corrected chi connectivity index (χ1v) is 4.99. The average molecular weight is 169 g/mol. The van der Waals surface area contributed by atoms with Gasteiger partial charge in [0.25, 0.3) is 0 Å². The topological polar surface area (TPSA) is 20.3 Å². The van der Waals surface area contributed by atoms with Gasteiger partial charge in [0.15, 0.2) is 0 Å². The number of Topliss-reactive ketones (excluding diaryl/α,β-unsaturated/α-hetero) is 1. The summed E-state index contributed by atoms with van der Waals surface area (Å²) in [6.07, 6.45) is 3.24. The third-order valence-electron chi connectivity index (χ3n) is 2.69. The smallest absolute Gasteiger partial charge is 0.149 e. The number of carbonyl (C=O) groups excluding carboxylic acids is 1. The lowest BCUT2D eigenvalue weighted by molar-refractivity contribution is -0.123. The molecule has 1 fully saturated rings. The van der Waals surface area contributed by atoms with Crippen LogP contribution >= 0.6 is 0 Å². The number of hydrogen-bond acceptors (Lipinski definition) is 2. The fourth-order valence-corrected chi connectivity index (χ4v) is 1.73. The summed E-state index contributed by atoms with van der Waals surface area (Å²) in [4.78, 5) is 13.7. The van der Waals surface area contributed by atoms with Crippen molar-refractivity contribution in [1.82, 2.24) is 4.90 Å². The number of carbonyl (C=O) groups is 1. The molecule has 2 heteroatoms. The molecule has 0 bridgehead atoms. The van der Waals surface area contributed by atoms with Gasteiger partial charge >= 0.3 is 0 Å². The Balaban J connectivity index is 2.46. The molecule has 1 aliphatic rings. The maximum atomic E-state index is 11.4. The molecule has 0 aromatic heterocycles. The van der Waals surface area contributed by atoms with E-state index >= 15 is 0 Å². The first-order valence-electron chi connectivity index (χ1n) is 4.99. The maximum absolute atomic E-state index is 11.4. The van der Waals surface area contributed by atoms with Gasteiger partial charge in [-0.2, -0.15) is 0 Å². The predicted molar refractivity (Wildman–Crippen MR) is 50.2 cm³/mol. The van der Waals surface area contributed by atoms with Crippen molar-refractivity contribution in [2.24, 2.45) is 0 Å². The zero-order valence-corrected chi connectivity index (χ0v) is 8.34. The number of nitrogens with zero attached hydrogens (tertiary/aromatic N) is 1. The minimum Gasteiger partial charge on any atom is -0.298 e. The third-order valence-corrected chi connectivity index (χ3v) is 2.69. The molecular weight excluding hydrogens is 150 g/mol. The van der Waals surface area contributed by atoms with Gasteiger partial charge in [-0.05, 0) is 26.3 Å². The molecule has 0 aromatic carbocycles. The van der Waals surface area contributed by atoms with Gasteiger partial charge in [-0.1, -0.05) is 13.8 Å². The average Bonchev–Trinajstić information content (AvgIpc) is 2.88. The third kappa shape index (κ3) is 2.07. The lowest BCUT2D eigenvalue weighted by atomic mass is 10.1. The predicted octanol–water partition coefficient (Wildman–Crippen LogP) is 1.84. The molecule has 0 aromatic rings. The van der Waals surface area contributed by atoms with E-state index in [-0.39, 0.29) is 6.04 Å². The fraction of sp³-hybridized carbons (Fsp3) is 0.900. The highest BCUT2D eigenvalue weighted by Gasteiger charge is 2.32. The molecule has 0 amide bonds. The monoisotopic (exact) mass is 169 g/mol. The van der Waals surface area contributed by atoms with Crippen molar-refractivity contribution >= 4 is 5.78 Å². The Morgan fingerprint density at radius 2 is 2.08 bits per heavy atom. The Morgan fingerprint density at radius 3 is 2.42 bits per heavy atom. The van der Waals surface area contributed by atoms with Crippen LogP contribution in [0, 0.1) is 0 Å². The second kappa shape index (κ2) is 4.04. The summed E-state index contributed by atoms with van der Waals surface area (Å²) in [7, 11) is 0. The van der Waals surface area contributed by atoms with Crippen molar-refractivity contribution in [3.63, 3.8) is 0 Å². The van der Waals surface area contributed by atoms with Crippen LogP contribution in [0.4, 0.5) is 0 Å². The van der Waals surface area contributed by atoms with Gasteiger partial charge in [0.2, 0.25) is 0 Å². The van der Waals surface area contributed by atoms with E-state index in [0.29, 0.717) is 18.2 Å². The van der Waals surface area contributed by atoms with E-state index in [4.69, 9.17) is 0 Å². The second-order valence-electron chi connectivity index (χ2n) is 3.56. The van der Waals surface area contributed by atoms with Gasteiger partial charge in [-0.3, -0.25) is 9.69 Å². The van der Waals surface area contributed by atoms with Crippen LogP contribution in [-0.4, -0.2) is 29.3 Å². The summed E-state index contributed by atoms with van der Waals surface area (Å²) in [6.45, 7) is 7.13. The van der Waals surface area contributed by atoms with Gasteiger partial charge in [0.05, 0.1) is 6.04 Å². The molecule has 0 heterocycles. The van der Waals surface area contributed by atoms with Crippen molar-refractivity contribution in [2.75, 3.05) is 6.54 Å². The van der Waals surface area contributed by atoms with Crippen molar-refractivity contribution < 1.29 is 4.79 Å². The van der Waals surface area contributed by atoms with Crippen LogP contribution < -0.4 is 0 Å². The fourth-order valence-electron chi connectivity index (χ4n) is 1.73. The van der Waals surface area contributed by atoms with Crippen LogP contribution in [0.15, 0.2) is 0 Å². The largest absolute Gasteiger partial charge is 0.298 e. The van der Waals surface area contributed by atoms with Gasteiger partial charge in [0.1, 0.15) is 5.78 Å². The van der Waals surface area contributed by atoms with Crippen LogP contribution in [0.3, 0.4) is 0 Å². The Kier molecular flexibility index (Phi) is 3.27. The lowest BCUT2D eigenvalue weighted by Gasteiger charge is -2.26. The van der Waals surface area contributed by atoms with E-state index in [9.17, 15) is 4.79 Å². The van der Waals surface area contributed by atoms with Crippen molar-refractivity contribution in [3.05, 3.63) is 0 Å². The minimum atomic E-state index is 0.146. The van der Waals surface area contributed by atoms with Gasteiger partial charge in [0, 0.05) is 12.5 Å². The van der Waals surface area contributed by atoms with Crippen LogP contribution in [0.5, 0.6) is 0 Å². The molecule has 0 unspecified atom stereocenters. The van der Waals surface area contributed by atoms with Crippen molar-refractivity contribution in [3.8, 4) is 0 Å². The Labute approximate surface area is 74.9 Å². The SMILES string of the molecule is CCC(=O)[C@@H](C)N(CC)C1CC1. The standard InChI is InChI=1S/C10H19NO/c1-4-10(12)8(3)11(5-2)9-6-7-9/h8-9H,4-7H2,1-3H3/t8-/m1/s1. The highest BCUT2D eigenvalue weighted by molar-refractivity contribution is 5.83. The first-order chi connectivity index (χ1) is 5.70. The summed E-state index contributed by atoms with van der Waals surface area (Å²) in [5, 5.41) is 0. The Hall–Kier alpha value is -0.370. The Morgan fingerprint density at radius 1 is 1.50 bits per heavy atom. The van der Waals surface area contributed by atoms with E-state index in [1.54, 1.807) is 0 Å². The van der Waals surface area contributed by atoms with E-state index in [2.05, 4.69) is 11.8 Å². The van der Waals surface area contributed by atoms with E-state index in [0.717, 1.165) is 6.54 Å². The van der Waals surface area contributed by atoms with E-state index in [1.807, 2.05) is 13.8 Å². The van der Waals surface area contributed by atoms with Crippen molar-refractivity contribution in [1.29, 1.82) is 0 Å². The molecule has 1 aliphatic carbocycles. The van der Waals surface area contributed by atoms with E-state index < -0.39 is 0 Å². The zero-order chi connectivity index (χ0) is 9.14. The van der Waals surface area contributed by atoms with Gasteiger partial charge < -0.3 is 0 Å². The van der Waals surface area contributed by atoms with Crippen molar-refractivity contribution in [2.45, 2.75) is 52.1 Å². The summed E-state index contributed by atoms with van der Waals surface area (Å²) in [6, 6.07) is 0.855. The Bertz CT molecular complexity index is 163. The number of rotatable bonds is 5. The zero-order valence-electron chi connectivity index (χ0n) is 8.34. The molecule has 0 N–H and O–H groups in total. The van der Waals surface area contributed by atoms with Gasteiger partial charge in [-0.15, -0.1) is 0 Å². The number of ketones is 1. The van der Waals surface area contributed by atoms with Crippen LogP contribution in [-0.2, 0) is 4.79 Å². The molecular formula is C10H19NO. The molecule has 0 saturated heterocycles. The highest BCUT2D eigenvalue weighted by Crippen LogP contribution is 2.28. The molecule has 0 aliphatic heterocycles. The number of hydrogen-bond donors (Lipinski definition) is 0. The molecule has 12 heavy (non-hydrogen) atoms. The van der Waals surface area contributed by atoms with Gasteiger partial charge in [-0.25, -0.2) is 0 Å². The summed E-state index contributed by atoms with van der Waals surface area (Å²) in [5.74, 6) is 0.378. The summed E-state index contributed by atoms with van der Waals surface area (Å²) in [5.41, 5.74) is 0. The lowest BCUT2D eigenvalue weighted by Crippen LogP contribution is -2.40. The molecule has 1 atom stereocenters. The first kappa shape index (κ1) is 9.72. The highest BCUT2D eigenvalue weighted by atomic mass is 16.1. The molecule has 0 spiro atoms. The number of likely N-dealkylation sites (N-methyl/N-ethyl adjacent to an activating group) is 1. The van der Waals surface area contributed by atoms with Crippen LogP contribution in [0.1, 0.15) is 40.0 Å². The molecule has 70 valence electrons. The maximum Gasteiger partial charge on any atom is 0.149 e. The van der Waals surface area contributed by atoms with Crippen LogP contribution in [0.25, 0.3) is 0 Å². The normalized spacial score (nSPS) is 19.7. The minimum absolute atomic E-state index is 0.146. The molecule has 1 saturated carbocycles. The molecule has 0 radical (unpaired) electrons. The molecule has 1 rings (SSSR count). The second-order valence-corrected chi connectivity index (χ2v) is 3.56. The summed E-state index contributed by atoms with van der Waals surface area (Å²) >= 11 is 0. The van der Waals surface area contributed by atoms with E-state index in [1.165, 1.54) is 12.8 Å². The van der Waals surface area contributed by atoms with Crippen LogP contribution in [0.2, 0.25) is 0 Å². The molecule has 2 nitrogen and oxygen atoms in total. The summed E-state index contributed by atoms with van der Waals surface area (Å²) < 4.78 is 0.